The van der Waals surface area contributed by atoms with E-state index in [9.17, 15) is 14.4 Å². The van der Waals surface area contributed by atoms with Crippen LogP contribution in [0.25, 0.3) is 0 Å². The fourth-order valence-electron chi connectivity index (χ4n) is 1.92. The molecule has 0 heterocycles. The maximum atomic E-state index is 12.1. The van der Waals surface area contributed by atoms with E-state index in [1.54, 1.807) is 24.3 Å². The number of hydrogen-bond acceptors (Lipinski definition) is 3. The average Bonchev–Trinajstić information content (AvgIpc) is 2.36. The van der Waals surface area contributed by atoms with Gasteiger partial charge in [-0.25, -0.2) is 0 Å². The van der Waals surface area contributed by atoms with Crippen LogP contribution in [0, 0.1) is 0 Å². The molecule has 0 aliphatic heterocycles. The van der Waals surface area contributed by atoms with Crippen molar-refractivity contribution in [2.45, 2.75) is 6.42 Å². The highest BCUT2D eigenvalue weighted by Crippen LogP contribution is 2.28. The molecule has 0 fully saturated rings. The topological polar surface area (TPSA) is 51.2 Å². The first-order valence-corrected chi connectivity index (χ1v) is 6.23. The molecule has 1 aromatic rings. The first kappa shape index (κ1) is 11.9. The van der Waals surface area contributed by atoms with Gasteiger partial charge < -0.3 is 4.79 Å². The number of halogens is 1. The molecule has 0 radical (unpaired) electrons. The number of carbonyl (C=O) groups is 3. The second kappa shape index (κ2) is 4.75. The molecular formula is C13H9BrO3. The lowest BCUT2D eigenvalue weighted by Crippen LogP contribution is -2.23. The molecule has 0 aromatic heterocycles. The number of benzene rings is 1. The van der Waals surface area contributed by atoms with E-state index in [2.05, 4.69) is 15.9 Å². The van der Waals surface area contributed by atoms with Crippen LogP contribution in [0.3, 0.4) is 0 Å². The SMILES string of the molecule is O=CCC1=C(CBr)C(=O)c2ccccc2C1=O. The van der Waals surface area contributed by atoms with E-state index in [-0.39, 0.29) is 23.3 Å². The molecule has 2 rings (SSSR count). The van der Waals surface area contributed by atoms with Gasteiger partial charge in [0.15, 0.2) is 11.6 Å². The highest BCUT2D eigenvalue weighted by Gasteiger charge is 2.30. The quantitative estimate of drug-likeness (QED) is 0.635. The average molecular weight is 293 g/mol. The summed E-state index contributed by atoms with van der Waals surface area (Å²) in [6.07, 6.45) is 0.636. The van der Waals surface area contributed by atoms with Crippen LogP contribution in [0.4, 0.5) is 0 Å². The lowest BCUT2D eigenvalue weighted by Gasteiger charge is -2.18. The third kappa shape index (κ3) is 1.89. The van der Waals surface area contributed by atoms with Crippen molar-refractivity contribution < 1.29 is 14.4 Å². The van der Waals surface area contributed by atoms with E-state index in [4.69, 9.17) is 0 Å². The molecule has 1 aliphatic rings. The van der Waals surface area contributed by atoms with Crippen LogP contribution in [0.2, 0.25) is 0 Å². The molecule has 0 atom stereocenters. The van der Waals surface area contributed by atoms with Gasteiger partial charge in [-0.05, 0) is 0 Å². The first-order chi connectivity index (χ1) is 8.20. The minimum Gasteiger partial charge on any atom is -0.303 e. The van der Waals surface area contributed by atoms with Crippen molar-refractivity contribution in [2.24, 2.45) is 0 Å². The number of carbonyl (C=O) groups excluding carboxylic acids is 3. The molecule has 0 unspecified atom stereocenters. The Balaban J connectivity index is 2.64. The Morgan fingerprint density at radius 3 is 2.00 bits per heavy atom. The summed E-state index contributed by atoms with van der Waals surface area (Å²) in [6, 6.07) is 6.68. The van der Waals surface area contributed by atoms with Crippen molar-refractivity contribution in [3.63, 3.8) is 0 Å². The molecule has 17 heavy (non-hydrogen) atoms. The zero-order valence-electron chi connectivity index (χ0n) is 8.90. The van der Waals surface area contributed by atoms with E-state index >= 15 is 0 Å². The third-order valence-corrected chi connectivity index (χ3v) is 3.31. The molecule has 4 heteroatoms. The molecule has 0 spiro atoms. The largest absolute Gasteiger partial charge is 0.303 e. The second-order valence-corrected chi connectivity index (χ2v) is 4.23. The minimum absolute atomic E-state index is 0.0140. The smallest absolute Gasteiger partial charge is 0.191 e. The van der Waals surface area contributed by atoms with E-state index in [1.165, 1.54) is 0 Å². The van der Waals surface area contributed by atoms with Crippen LogP contribution < -0.4 is 0 Å². The molecule has 0 amide bonds. The standard InChI is InChI=1S/C13H9BrO3/c14-7-11-10(5-6-15)12(16)8-3-1-2-4-9(8)13(11)17/h1-4,6H,5,7H2. The van der Waals surface area contributed by atoms with Gasteiger partial charge in [-0.3, -0.25) is 9.59 Å². The first-order valence-electron chi connectivity index (χ1n) is 5.10. The van der Waals surface area contributed by atoms with Crippen molar-refractivity contribution in [1.29, 1.82) is 0 Å². The summed E-state index contributed by atoms with van der Waals surface area (Å²) < 4.78 is 0. The van der Waals surface area contributed by atoms with Crippen LogP contribution in [0.1, 0.15) is 27.1 Å². The van der Waals surface area contributed by atoms with Crippen molar-refractivity contribution in [3.8, 4) is 0 Å². The van der Waals surface area contributed by atoms with E-state index < -0.39 is 0 Å². The van der Waals surface area contributed by atoms with Crippen LogP contribution in [-0.4, -0.2) is 23.2 Å². The number of allylic oxidation sites excluding steroid dienone is 2. The van der Waals surface area contributed by atoms with Crippen LogP contribution in [0.5, 0.6) is 0 Å². The van der Waals surface area contributed by atoms with E-state index in [0.29, 0.717) is 28.6 Å². The number of aldehydes is 1. The minimum atomic E-state index is -0.221. The Labute approximate surface area is 107 Å². The molecule has 0 bridgehead atoms. The molecule has 1 aromatic carbocycles. The van der Waals surface area contributed by atoms with Gasteiger partial charge in [0.25, 0.3) is 0 Å². The molecule has 0 N–H and O–H groups in total. The summed E-state index contributed by atoms with van der Waals surface area (Å²) in [7, 11) is 0. The zero-order chi connectivity index (χ0) is 12.4. The number of Topliss-reactive ketones (excluding diaryl/α,β-unsaturated/α-hetero) is 2. The molecular weight excluding hydrogens is 284 g/mol. The predicted molar refractivity (Wildman–Crippen MR) is 66.6 cm³/mol. The van der Waals surface area contributed by atoms with Gasteiger partial charge in [-0.2, -0.15) is 0 Å². The third-order valence-electron chi connectivity index (χ3n) is 2.75. The number of hydrogen-bond donors (Lipinski definition) is 0. The number of alkyl halides is 1. The molecule has 86 valence electrons. The Bertz CT molecular complexity index is 543. The fraction of sp³-hybridized carbons (Fsp3) is 0.154. The van der Waals surface area contributed by atoms with Crippen molar-refractivity contribution >= 4 is 33.8 Å². The summed E-state index contributed by atoms with van der Waals surface area (Å²) >= 11 is 3.19. The van der Waals surface area contributed by atoms with E-state index in [1.807, 2.05) is 0 Å². The van der Waals surface area contributed by atoms with Crippen LogP contribution >= 0.6 is 15.9 Å². The summed E-state index contributed by atoms with van der Waals surface area (Å²) in [5.74, 6) is -0.393. The van der Waals surface area contributed by atoms with Gasteiger partial charge in [0.1, 0.15) is 6.29 Å². The predicted octanol–water partition coefficient (Wildman–Crippen LogP) is 2.35. The van der Waals surface area contributed by atoms with E-state index in [0.717, 1.165) is 0 Å². The summed E-state index contributed by atoms with van der Waals surface area (Å²) in [5, 5.41) is 0.287. The summed E-state index contributed by atoms with van der Waals surface area (Å²) in [4.78, 5) is 34.8. The highest BCUT2D eigenvalue weighted by molar-refractivity contribution is 9.09. The summed E-state index contributed by atoms with van der Waals surface area (Å²) in [5.41, 5.74) is 1.50. The van der Waals surface area contributed by atoms with Gasteiger partial charge in [-0.15, -0.1) is 0 Å². The maximum Gasteiger partial charge on any atom is 0.191 e. The molecule has 3 nitrogen and oxygen atoms in total. The fourth-order valence-corrected chi connectivity index (χ4v) is 2.51. The lowest BCUT2D eigenvalue weighted by molar-refractivity contribution is -0.107. The van der Waals surface area contributed by atoms with Crippen LogP contribution in [-0.2, 0) is 4.79 Å². The number of fused-ring (bicyclic) bond motifs is 1. The highest BCUT2D eigenvalue weighted by atomic mass is 79.9. The zero-order valence-corrected chi connectivity index (χ0v) is 10.5. The van der Waals surface area contributed by atoms with Crippen molar-refractivity contribution in [3.05, 3.63) is 46.5 Å². The van der Waals surface area contributed by atoms with Gasteiger partial charge in [-0.1, -0.05) is 40.2 Å². The van der Waals surface area contributed by atoms with Gasteiger partial charge in [0.05, 0.1) is 0 Å². The van der Waals surface area contributed by atoms with Crippen molar-refractivity contribution in [1.82, 2.24) is 0 Å². The van der Waals surface area contributed by atoms with Gasteiger partial charge in [0.2, 0.25) is 0 Å². The normalized spacial score (nSPS) is 14.9. The monoisotopic (exact) mass is 292 g/mol. The lowest BCUT2D eigenvalue weighted by atomic mass is 9.84. The Kier molecular flexibility index (Phi) is 3.33. The molecule has 1 aliphatic carbocycles. The van der Waals surface area contributed by atoms with Gasteiger partial charge in [0, 0.05) is 34.0 Å². The Morgan fingerprint density at radius 2 is 1.53 bits per heavy atom. The van der Waals surface area contributed by atoms with Crippen LogP contribution in [0.15, 0.2) is 35.4 Å². The van der Waals surface area contributed by atoms with Gasteiger partial charge >= 0.3 is 0 Å². The summed E-state index contributed by atoms with van der Waals surface area (Å²) in [6.45, 7) is 0. The molecule has 0 saturated heterocycles. The molecule has 0 saturated carbocycles. The van der Waals surface area contributed by atoms with Crippen molar-refractivity contribution in [2.75, 3.05) is 5.33 Å². The maximum absolute atomic E-state index is 12.1. The second-order valence-electron chi connectivity index (χ2n) is 3.67. The number of rotatable bonds is 3. The number of ketones is 2. The Morgan fingerprint density at radius 1 is 1.00 bits per heavy atom. The Hall–Kier alpha value is -1.55.